The number of anilines is 1. The van der Waals surface area contributed by atoms with Gasteiger partial charge >= 0.3 is 0 Å². The van der Waals surface area contributed by atoms with Crippen LogP contribution in [0.15, 0.2) is 29.2 Å². The fraction of sp³-hybridized carbons (Fsp3) is 0.250. The van der Waals surface area contributed by atoms with Gasteiger partial charge in [0.2, 0.25) is 0 Å². The molecule has 0 saturated heterocycles. The molecule has 4 heteroatoms. The summed E-state index contributed by atoms with van der Waals surface area (Å²) in [6, 6.07) is 7.22. The van der Waals surface area contributed by atoms with Crippen molar-refractivity contribution in [3.05, 3.63) is 24.3 Å². The monoisotopic (exact) mass is 185 g/mol. The van der Waals surface area contributed by atoms with Gasteiger partial charge in [-0.15, -0.1) is 0 Å². The standard InChI is InChI=1S/C8H11NO2S/c9-6-3-1-2-4-7(6)12-8(11)5-10/h1-4,8,10-11H,5,9H2. The van der Waals surface area contributed by atoms with Crippen molar-refractivity contribution in [2.24, 2.45) is 0 Å². The molecule has 0 bridgehead atoms. The van der Waals surface area contributed by atoms with Crippen molar-refractivity contribution in [3.63, 3.8) is 0 Å². The minimum atomic E-state index is -0.797. The summed E-state index contributed by atoms with van der Waals surface area (Å²) in [6.07, 6.45) is 0. The Hall–Kier alpha value is -0.710. The first-order valence-electron chi connectivity index (χ1n) is 3.54. The van der Waals surface area contributed by atoms with E-state index in [1.165, 1.54) is 0 Å². The Morgan fingerprint density at radius 3 is 2.67 bits per heavy atom. The normalized spacial score (nSPS) is 12.8. The lowest BCUT2D eigenvalue weighted by Gasteiger charge is -2.08. The van der Waals surface area contributed by atoms with Crippen molar-refractivity contribution in [1.82, 2.24) is 0 Å². The maximum absolute atomic E-state index is 9.09. The molecule has 0 fully saturated rings. The molecule has 1 atom stereocenters. The predicted octanol–water partition coefficient (Wildman–Crippen LogP) is 0.672. The zero-order valence-corrected chi connectivity index (χ0v) is 7.29. The lowest BCUT2D eigenvalue weighted by Crippen LogP contribution is -2.06. The molecular formula is C8H11NO2S. The van der Waals surface area contributed by atoms with Gasteiger partial charge in [0, 0.05) is 10.6 Å². The summed E-state index contributed by atoms with van der Waals surface area (Å²) in [5, 5.41) is 17.7. The summed E-state index contributed by atoms with van der Waals surface area (Å²) in [5.74, 6) is 0. The van der Waals surface area contributed by atoms with Gasteiger partial charge in [-0.05, 0) is 12.1 Å². The van der Waals surface area contributed by atoms with E-state index < -0.39 is 5.44 Å². The van der Waals surface area contributed by atoms with Gasteiger partial charge in [0.1, 0.15) is 5.44 Å². The maximum atomic E-state index is 9.09. The van der Waals surface area contributed by atoms with Crippen LogP contribution in [-0.2, 0) is 0 Å². The Labute approximate surface area is 75.2 Å². The average Bonchev–Trinajstić information content (AvgIpc) is 2.09. The topological polar surface area (TPSA) is 66.5 Å². The molecule has 0 heterocycles. The molecule has 0 aromatic heterocycles. The van der Waals surface area contributed by atoms with Gasteiger partial charge in [-0.1, -0.05) is 23.9 Å². The second-order valence-corrected chi connectivity index (χ2v) is 3.51. The lowest BCUT2D eigenvalue weighted by molar-refractivity contribution is 0.160. The number of nitrogen functional groups attached to an aromatic ring is 1. The molecule has 0 saturated carbocycles. The summed E-state index contributed by atoms with van der Waals surface area (Å²) in [7, 11) is 0. The van der Waals surface area contributed by atoms with E-state index in [1.807, 2.05) is 12.1 Å². The van der Waals surface area contributed by atoms with Gasteiger partial charge in [0.15, 0.2) is 0 Å². The molecule has 0 amide bonds. The molecule has 66 valence electrons. The van der Waals surface area contributed by atoms with Crippen LogP contribution in [0.3, 0.4) is 0 Å². The number of hydrogen-bond donors (Lipinski definition) is 3. The quantitative estimate of drug-likeness (QED) is 0.368. The molecule has 1 aromatic carbocycles. The largest absolute Gasteiger partial charge is 0.398 e. The molecule has 1 unspecified atom stereocenters. The van der Waals surface area contributed by atoms with Crippen molar-refractivity contribution in [2.45, 2.75) is 10.3 Å². The zero-order chi connectivity index (χ0) is 8.97. The van der Waals surface area contributed by atoms with E-state index in [9.17, 15) is 0 Å². The van der Waals surface area contributed by atoms with E-state index in [0.717, 1.165) is 16.7 Å². The first-order chi connectivity index (χ1) is 5.74. The first kappa shape index (κ1) is 9.38. The Morgan fingerprint density at radius 1 is 1.42 bits per heavy atom. The molecule has 0 spiro atoms. The van der Waals surface area contributed by atoms with Crippen molar-refractivity contribution < 1.29 is 10.2 Å². The van der Waals surface area contributed by atoms with Crippen LogP contribution in [0.4, 0.5) is 5.69 Å². The second-order valence-electron chi connectivity index (χ2n) is 2.29. The van der Waals surface area contributed by atoms with Gasteiger partial charge in [-0.25, -0.2) is 0 Å². The van der Waals surface area contributed by atoms with Gasteiger partial charge in [0.05, 0.1) is 6.61 Å². The van der Waals surface area contributed by atoms with E-state index in [1.54, 1.807) is 12.1 Å². The number of benzene rings is 1. The van der Waals surface area contributed by atoms with Crippen LogP contribution in [0.1, 0.15) is 0 Å². The van der Waals surface area contributed by atoms with Crippen molar-refractivity contribution >= 4 is 17.4 Å². The lowest BCUT2D eigenvalue weighted by atomic mass is 10.3. The smallest absolute Gasteiger partial charge is 0.127 e. The summed E-state index contributed by atoms with van der Waals surface area (Å²) in [6.45, 7) is -0.265. The van der Waals surface area contributed by atoms with E-state index in [2.05, 4.69) is 0 Å². The summed E-state index contributed by atoms with van der Waals surface area (Å²) >= 11 is 1.15. The molecule has 0 aliphatic carbocycles. The van der Waals surface area contributed by atoms with E-state index in [-0.39, 0.29) is 6.61 Å². The number of rotatable bonds is 3. The highest BCUT2D eigenvalue weighted by Gasteiger charge is 2.05. The Kier molecular flexibility index (Phi) is 3.40. The highest BCUT2D eigenvalue weighted by atomic mass is 32.2. The van der Waals surface area contributed by atoms with Crippen molar-refractivity contribution in [1.29, 1.82) is 0 Å². The van der Waals surface area contributed by atoms with Crippen LogP contribution in [-0.4, -0.2) is 22.3 Å². The Morgan fingerprint density at radius 2 is 2.08 bits per heavy atom. The van der Waals surface area contributed by atoms with Crippen LogP contribution in [0.25, 0.3) is 0 Å². The number of nitrogens with two attached hydrogens (primary N) is 1. The van der Waals surface area contributed by atoms with Crippen LogP contribution < -0.4 is 5.73 Å². The fourth-order valence-corrected chi connectivity index (χ4v) is 1.50. The summed E-state index contributed by atoms with van der Waals surface area (Å²) in [5.41, 5.74) is 5.43. The number of para-hydroxylation sites is 1. The SMILES string of the molecule is Nc1ccccc1SC(O)CO. The Balaban J connectivity index is 2.69. The molecule has 12 heavy (non-hydrogen) atoms. The third-order valence-electron chi connectivity index (χ3n) is 1.34. The van der Waals surface area contributed by atoms with Gasteiger partial charge in [-0.3, -0.25) is 0 Å². The highest BCUT2D eigenvalue weighted by Crippen LogP contribution is 2.26. The van der Waals surface area contributed by atoms with E-state index in [0.29, 0.717) is 5.69 Å². The zero-order valence-electron chi connectivity index (χ0n) is 6.47. The van der Waals surface area contributed by atoms with Crippen LogP contribution >= 0.6 is 11.8 Å². The van der Waals surface area contributed by atoms with Crippen LogP contribution in [0.5, 0.6) is 0 Å². The number of thioether (sulfide) groups is 1. The highest BCUT2D eigenvalue weighted by molar-refractivity contribution is 7.99. The van der Waals surface area contributed by atoms with E-state index in [4.69, 9.17) is 15.9 Å². The minimum absolute atomic E-state index is 0.265. The van der Waals surface area contributed by atoms with Gasteiger partial charge in [-0.2, -0.15) is 0 Å². The number of aliphatic hydroxyl groups excluding tert-OH is 2. The van der Waals surface area contributed by atoms with E-state index >= 15 is 0 Å². The molecule has 4 N–H and O–H groups in total. The molecular weight excluding hydrogens is 174 g/mol. The summed E-state index contributed by atoms with van der Waals surface area (Å²) in [4.78, 5) is 0.791. The minimum Gasteiger partial charge on any atom is -0.398 e. The molecule has 1 rings (SSSR count). The average molecular weight is 185 g/mol. The molecule has 3 nitrogen and oxygen atoms in total. The van der Waals surface area contributed by atoms with Gasteiger partial charge < -0.3 is 15.9 Å². The van der Waals surface area contributed by atoms with Crippen LogP contribution in [0, 0.1) is 0 Å². The van der Waals surface area contributed by atoms with Crippen molar-refractivity contribution in [2.75, 3.05) is 12.3 Å². The third-order valence-corrected chi connectivity index (χ3v) is 2.39. The predicted molar refractivity (Wildman–Crippen MR) is 49.8 cm³/mol. The maximum Gasteiger partial charge on any atom is 0.127 e. The number of aliphatic hydroxyl groups is 2. The summed E-state index contributed by atoms with van der Waals surface area (Å²) < 4.78 is 0. The molecule has 0 aliphatic heterocycles. The molecule has 0 radical (unpaired) electrons. The van der Waals surface area contributed by atoms with Crippen molar-refractivity contribution in [3.8, 4) is 0 Å². The fourth-order valence-electron chi connectivity index (χ4n) is 0.772. The molecule has 0 aliphatic rings. The second kappa shape index (κ2) is 4.35. The Bertz CT molecular complexity index is 255. The van der Waals surface area contributed by atoms with Crippen LogP contribution in [0.2, 0.25) is 0 Å². The molecule has 1 aromatic rings. The number of hydrogen-bond acceptors (Lipinski definition) is 4. The van der Waals surface area contributed by atoms with Gasteiger partial charge in [0.25, 0.3) is 0 Å². The first-order valence-corrected chi connectivity index (χ1v) is 4.42. The third kappa shape index (κ3) is 2.41.